The van der Waals surface area contributed by atoms with Crippen LogP contribution in [0.25, 0.3) is 10.8 Å². The van der Waals surface area contributed by atoms with Gasteiger partial charge in [-0.2, -0.15) is 0 Å². The first kappa shape index (κ1) is 10.6. The molecule has 74 valence electrons. The number of fused-ring (bicyclic) bond motifs is 1. The minimum atomic E-state index is 0.827. The fourth-order valence-corrected chi connectivity index (χ4v) is 1.38. The minimum Gasteiger partial charge on any atom is -0.399 e. The highest BCUT2D eigenvalue weighted by Crippen LogP contribution is 2.18. The molecule has 0 amide bonds. The molecule has 0 saturated heterocycles. The second-order valence-corrected chi connectivity index (χ2v) is 3.11. The normalized spacial score (nSPS) is 9.36. The minimum absolute atomic E-state index is 0.827. The van der Waals surface area contributed by atoms with Crippen LogP contribution in [0.1, 0.15) is 19.4 Å². The molecule has 0 saturated carbocycles. The zero-order valence-corrected chi connectivity index (χ0v) is 9.04. The first-order valence-electron chi connectivity index (χ1n) is 5.01. The van der Waals surface area contributed by atoms with Crippen molar-refractivity contribution in [2.24, 2.45) is 0 Å². The lowest BCUT2D eigenvalue weighted by atomic mass is 10.1. The summed E-state index contributed by atoms with van der Waals surface area (Å²) in [4.78, 5) is 0. The summed E-state index contributed by atoms with van der Waals surface area (Å²) >= 11 is 0. The molecule has 0 spiro atoms. The van der Waals surface area contributed by atoms with E-state index in [0.29, 0.717) is 0 Å². The van der Waals surface area contributed by atoms with Gasteiger partial charge in [0, 0.05) is 5.69 Å². The molecule has 1 heteroatoms. The number of nitrogens with two attached hydrogens (primary N) is 1. The Balaban J connectivity index is 0.000000461. The summed E-state index contributed by atoms with van der Waals surface area (Å²) in [5, 5.41) is 2.46. The van der Waals surface area contributed by atoms with E-state index in [2.05, 4.69) is 25.1 Å². The molecule has 0 heterocycles. The van der Waals surface area contributed by atoms with Gasteiger partial charge in [-0.05, 0) is 29.8 Å². The molecule has 0 atom stereocenters. The predicted octanol–water partition coefficient (Wildman–Crippen LogP) is 3.76. The standard InChI is InChI=1S/C11H11N.C2H6/c1-8-2-3-9-4-5-11(12)7-10(9)6-8;1-2/h2-7H,12H2,1H3;1-2H3. The molecule has 14 heavy (non-hydrogen) atoms. The first-order chi connectivity index (χ1) is 6.75. The number of aryl methyl sites for hydroxylation is 1. The van der Waals surface area contributed by atoms with Crippen molar-refractivity contribution < 1.29 is 0 Å². The molecule has 2 aromatic carbocycles. The second-order valence-electron chi connectivity index (χ2n) is 3.11. The maximum absolute atomic E-state index is 5.67. The highest BCUT2D eigenvalue weighted by Gasteiger charge is 1.93. The fourth-order valence-electron chi connectivity index (χ4n) is 1.38. The third-order valence-corrected chi connectivity index (χ3v) is 2.02. The van der Waals surface area contributed by atoms with E-state index in [1.807, 2.05) is 32.0 Å². The lowest BCUT2D eigenvalue weighted by Gasteiger charge is -1.99. The summed E-state index contributed by atoms with van der Waals surface area (Å²) in [6, 6.07) is 12.3. The molecule has 0 aliphatic heterocycles. The monoisotopic (exact) mass is 187 g/mol. The molecular formula is C13H17N. The van der Waals surface area contributed by atoms with Gasteiger partial charge >= 0.3 is 0 Å². The maximum atomic E-state index is 5.67. The van der Waals surface area contributed by atoms with Crippen molar-refractivity contribution in [2.75, 3.05) is 5.73 Å². The van der Waals surface area contributed by atoms with E-state index in [1.165, 1.54) is 16.3 Å². The van der Waals surface area contributed by atoms with Crippen molar-refractivity contribution in [3.8, 4) is 0 Å². The third kappa shape index (κ3) is 2.25. The van der Waals surface area contributed by atoms with Gasteiger partial charge in [-0.15, -0.1) is 0 Å². The largest absolute Gasteiger partial charge is 0.399 e. The zero-order chi connectivity index (χ0) is 10.6. The van der Waals surface area contributed by atoms with Crippen molar-refractivity contribution >= 4 is 16.5 Å². The Morgan fingerprint density at radius 1 is 0.857 bits per heavy atom. The van der Waals surface area contributed by atoms with E-state index in [1.54, 1.807) is 0 Å². The van der Waals surface area contributed by atoms with Gasteiger partial charge in [-0.3, -0.25) is 0 Å². The SMILES string of the molecule is CC.Cc1ccc2ccc(N)cc2c1. The van der Waals surface area contributed by atoms with Gasteiger partial charge in [0.1, 0.15) is 0 Å². The summed E-state index contributed by atoms with van der Waals surface area (Å²) in [6.45, 7) is 6.09. The van der Waals surface area contributed by atoms with E-state index < -0.39 is 0 Å². The first-order valence-corrected chi connectivity index (χ1v) is 5.01. The van der Waals surface area contributed by atoms with Gasteiger partial charge in [0.2, 0.25) is 0 Å². The highest BCUT2D eigenvalue weighted by atomic mass is 14.5. The number of anilines is 1. The Hall–Kier alpha value is -1.50. The van der Waals surface area contributed by atoms with E-state index in [4.69, 9.17) is 5.73 Å². The number of benzene rings is 2. The average Bonchev–Trinajstić information content (AvgIpc) is 2.20. The van der Waals surface area contributed by atoms with E-state index >= 15 is 0 Å². The maximum Gasteiger partial charge on any atom is 0.0320 e. The Morgan fingerprint density at radius 2 is 1.50 bits per heavy atom. The van der Waals surface area contributed by atoms with Gasteiger partial charge in [-0.25, -0.2) is 0 Å². The fraction of sp³-hybridized carbons (Fsp3) is 0.231. The molecule has 0 aliphatic rings. The lowest BCUT2D eigenvalue weighted by Crippen LogP contribution is -1.83. The molecule has 2 rings (SSSR count). The van der Waals surface area contributed by atoms with Gasteiger partial charge in [0.05, 0.1) is 0 Å². The van der Waals surface area contributed by atoms with Crippen molar-refractivity contribution in [2.45, 2.75) is 20.8 Å². The van der Waals surface area contributed by atoms with Crippen molar-refractivity contribution in [1.82, 2.24) is 0 Å². The Morgan fingerprint density at radius 3 is 2.21 bits per heavy atom. The molecule has 0 fully saturated rings. The summed E-state index contributed by atoms with van der Waals surface area (Å²) < 4.78 is 0. The van der Waals surface area contributed by atoms with Crippen molar-refractivity contribution in [1.29, 1.82) is 0 Å². The van der Waals surface area contributed by atoms with Crippen LogP contribution >= 0.6 is 0 Å². The van der Waals surface area contributed by atoms with Crippen LogP contribution in [0, 0.1) is 6.92 Å². The third-order valence-electron chi connectivity index (χ3n) is 2.02. The molecular weight excluding hydrogens is 170 g/mol. The molecule has 2 N–H and O–H groups in total. The van der Waals surface area contributed by atoms with E-state index in [9.17, 15) is 0 Å². The van der Waals surface area contributed by atoms with Crippen LogP contribution < -0.4 is 5.73 Å². The molecule has 0 bridgehead atoms. The number of hydrogen-bond donors (Lipinski definition) is 1. The second kappa shape index (κ2) is 4.66. The summed E-state index contributed by atoms with van der Waals surface area (Å²) in [7, 11) is 0. The van der Waals surface area contributed by atoms with Crippen molar-refractivity contribution in [3.63, 3.8) is 0 Å². The van der Waals surface area contributed by atoms with Crippen LogP contribution in [-0.4, -0.2) is 0 Å². The summed E-state index contributed by atoms with van der Waals surface area (Å²) in [6.07, 6.45) is 0. The zero-order valence-electron chi connectivity index (χ0n) is 9.04. The Kier molecular flexibility index (Phi) is 3.52. The van der Waals surface area contributed by atoms with Crippen LogP contribution in [0.2, 0.25) is 0 Å². The van der Waals surface area contributed by atoms with Crippen LogP contribution in [0.15, 0.2) is 36.4 Å². The quantitative estimate of drug-likeness (QED) is 0.624. The number of nitrogen functional groups attached to an aromatic ring is 1. The number of hydrogen-bond acceptors (Lipinski definition) is 1. The lowest BCUT2D eigenvalue weighted by molar-refractivity contribution is 1.50. The topological polar surface area (TPSA) is 26.0 Å². The van der Waals surface area contributed by atoms with Gasteiger partial charge in [-0.1, -0.05) is 43.7 Å². The van der Waals surface area contributed by atoms with Crippen molar-refractivity contribution in [3.05, 3.63) is 42.0 Å². The van der Waals surface area contributed by atoms with Gasteiger partial charge in [0.25, 0.3) is 0 Å². The highest BCUT2D eigenvalue weighted by molar-refractivity contribution is 5.85. The molecule has 0 radical (unpaired) electrons. The van der Waals surface area contributed by atoms with Crippen LogP contribution in [-0.2, 0) is 0 Å². The average molecular weight is 187 g/mol. The molecule has 2 aromatic rings. The summed E-state index contributed by atoms with van der Waals surface area (Å²) in [5.74, 6) is 0. The van der Waals surface area contributed by atoms with E-state index in [-0.39, 0.29) is 0 Å². The molecule has 1 nitrogen and oxygen atoms in total. The Bertz CT molecular complexity index is 382. The van der Waals surface area contributed by atoms with Crippen LogP contribution in [0.4, 0.5) is 5.69 Å². The summed E-state index contributed by atoms with van der Waals surface area (Å²) in [5.41, 5.74) is 7.77. The molecule has 0 aliphatic carbocycles. The molecule has 0 unspecified atom stereocenters. The Labute approximate surface area is 85.6 Å². The van der Waals surface area contributed by atoms with Gasteiger partial charge in [0.15, 0.2) is 0 Å². The van der Waals surface area contributed by atoms with Crippen LogP contribution in [0.3, 0.4) is 0 Å². The van der Waals surface area contributed by atoms with E-state index in [0.717, 1.165) is 5.69 Å². The molecule has 0 aromatic heterocycles. The van der Waals surface area contributed by atoms with Crippen LogP contribution in [0.5, 0.6) is 0 Å². The van der Waals surface area contributed by atoms with Gasteiger partial charge < -0.3 is 5.73 Å². The number of rotatable bonds is 0. The smallest absolute Gasteiger partial charge is 0.0320 e. The predicted molar refractivity (Wildman–Crippen MR) is 64.4 cm³/mol.